The van der Waals surface area contributed by atoms with E-state index in [9.17, 15) is 4.79 Å². The maximum absolute atomic E-state index is 13.1. The first kappa shape index (κ1) is 20.4. The minimum atomic E-state index is -0.195. The topological polar surface area (TPSA) is 88.3 Å². The summed E-state index contributed by atoms with van der Waals surface area (Å²) in [6, 6.07) is 21.3. The van der Waals surface area contributed by atoms with Crippen LogP contribution in [0.25, 0.3) is 22.5 Å². The molecule has 0 saturated heterocycles. The van der Waals surface area contributed by atoms with Crippen LogP contribution < -0.4 is 20.1 Å². The zero-order valence-electron chi connectivity index (χ0n) is 18.2. The molecule has 1 amide bonds. The Balaban J connectivity index is 1.62. The zero-order chi connectivity index (χ0) is 22.8. The molecule has 164 valence electrons. The lowest BCUT2D eigenvalue weighted by atomic mass is 9.99. The lowest BCUT2D eigenvalue weighted by molar-refractivity contribution is -0.110. The summed E-state index contributed by atoms with van der Waals surface area (Å²) in [4.78, 5) is 20.4. The van der Waals surface area contributed by atoms with Gasteiger partial charge in [-0.1, -0.05) is 42.5 Å². The molecule has 2 heterocycles. The van der Waals surface area contributed by atoms with Gasteiger partial charge in [0.15, 0.2) is 11.5 Å². The standard InChI is InChI=1S/C26H22N4O3/c1-32-22-12-19-20(13-23(22)33-2)30-26(31)24(19)25(17-6-4-3-5-7-17)29-18-10-8-16(9-11-18)21-14-27-15-28-21/h3-15,29H,1-2H3,(H,27,28)(H,30,31)/b25-24-. The molecule has 1 aromatic heterocycles. The number of benzene rings is 3. The summed E-state index contributed by atoms with van der Waals surface area (Å²) in [7, 11) is 3.15. The van der Waals surface area contributed by atoms with Crippen LogP contribution in [0.1, 0.15) is 11.1 Å². The second-order valence-electron chi connectivity index (χ2n) is 7.48. The summed E-state index contributed by atoms with van der Waals surface area (Å²) < 4.78 is 10.9. The fraction of sp³-hybridized carbons (Fsp3) is 0.0769. The van der Waals surface area contributed by atoms with Gasteiger partial charge in [0.2, 0.25) is 0 Å². The normalized spacial score (nSPS) is 13.8. The summed E-state index contributed by atoms with van der Waals surface area (Å²) in [6.07, 6.45) is 3.50. The maximum atomic E-state index is 13.1. The van der Waals surface area contributed by atoms with Gasteiger partial charge in [0.25, 0.3) is 5.91 Å². The number of carbonyl (C=O) groups is 1. The molecule has 1 aliphatic heterocycles. The molecule has 0 unspecified atom stereocenters. The van der Waals surface area contributed by atoms with Gasteiger partial charge >= 0.3 is 0 Å². The van der Waals surface area contributed by atoms with Crippen molar-refractivity contribution in [3.63, 3.8) is 0 Å². The molecule has 0 radical (unpaired) electrons. The second kappa shape index (κ2) is 8.55. The highest BCUT2D eigenvalue weighted by Crippen LogP contribution is 2.43. The number of nitrogens with one attached hydrogen (secondary N) is 3. The van der Waals surface area contributed by atoms with E-state index in [-0.39, 0.29) is 5.91 Å². The first-order valence-corrected chi connectivity index (χ1v) is 10.4. The van der Waals surface area contributed by atoms with Crippen molar-refractivity contribution in [1.82, 2.24) is 9.97 Å². The molecule has 0 fully saturated rings. The molecule has 33 heavy (non-hydrogen) atoms. The van der Waals surface area contributed by atoms with Gasteiger partial charge < -0.3 is 25.1 Å². The van der Waals surface area contributed by atoms with Crippen LogP contribution in [0.2, 0.25) is 0 Å². The quantitative estimate of drug-likeness (QED) is 0.368. The largest absolute Gasteiger partial charge is 0.493 e. The van der Waals surface area contributed by atoms with E-state index >= 15 is 0 Å². The lowest BCUT2D eigenvalue weighted by Gasteiger charge is -2.16. The van der Waals surface area contributed by atoms with Gasteiger partial charge in [-0.25, -0.2) is 4.98 Å². The van der Waals surface area contributed by atoms with Gasteiger partial charge in [0, 0.05) is 29.1 Å². The van der Waals surface area contributed by atoms with Crippen LogP contribution in [0.15, 0.2) is 79.3 Å². The molecule has 0 bridgehead atoms. The summed E-state index contributed by atoms with van der Waals surface area (Å²) in [5.74, 6) is 0.918. The molecular formula is C26H22N4O3. The summed E-state index contributed by atoms with van der Waals surface area (Å²) in [5, 5.41) is 6.42. The Labute approximate surface area is 191 Å². The van der Waals surface area contributed by atoms with Crippen molar-refractivity contribution < 1.29 is 14.3 Å². The summed E-state index contributed by atoms with van der Waals surface area (Å²) in [6.45, 7) is 0. The molecule has 0 aliphatic carbocycles. The van der Waals surface area contributed by atoms with E-state index in [0.717, 1.165) is 28.1 Å². The number of hydrogen-bond donors (Lipinski definition) is 3. The van der Waals surface area contributed by atoms with Crippen LogP contribution in [-0.4, -0.2) is 30.1 Å². The Morgan fingerprint density at radius 1 is 0.939 bits per heavy atom. The Morgan fingerprint density at radius 2 is 1.67 bits per heavy atom. The van der Waals surface area contributed by atoms with Crippen LogP contribution in [0.3, 0.4) is 0 Å². The van der Waals surface area contributed by atoms with E-state index < -0.39 is 0 Å². The minimum absolute atomic E-state index is 0.195. The van der Waals surface area contributed by atoms with Crippen molar-refractivity contribution in [2.24, 2.45) is 0 Å². The Hall–Kier alpha value is -4.52. The van der Waals surface area contributed by atoms with Crippen LogP contribution in [0.5, 0.6) is 11.5 Å². The fourth-order valence-electron chi connectivity index (χ4n) is 3.92. The fourth-order valence-corrected chi connectivity index (χ4v) is 3.92. The van der Waals surface area contributed by atoms with Crippen molar-refractivity contribution in [2.75, 3.05) is 24.9 Å². The summed E-state index contributed by atoms with van der Waals surface area (Å²) >= 11 is 0. The van der Waals surface area contributed by atoms with Crippen molar-refractivity contribution in [1.29, 1.82) is 0 Å². The molecule has 7 nitrogen and oxygen atoms in total. The van der Waals surface area contributed by atoms with E-state index in [1.165, 1.54) is 0 Å². The highest BCUT2D eigenvalue weighted by molar-refractivity contribution is 6.37. The molecule has 4 aromatic rings. The number of nitrogens with zero attached hydrogens (tertiary/aromatic N) is 1. The van der Waals surface area contributed by atoms with Gasteiger partial charge in [-0.2, -0.15) is 0 Å². The highest BCUT2D eigenvalue weighted by atomic mass is 16.5. The number of aromatic amines is 1. The molecule has 0 spiro atoms. The van der Waals surface area contributed by atoms with Gasteiger partial charge in [-0.05, 0) is 23.8 Å². The molecule has 7 heteroatoms. The van der Waals surface area contributed by atoms with Crippen molar-refractivity contribution >= 4 is 28.6 Å². The van der Waals surface area contributed by atoms with Crippen LogP contribution in [0, 0.1) is 0 Å². The smallest absolute Gasteiger partial charge is 0.258 e. The lowest BCUT2D eigenvalue weighted by Crippen LogP contribution is -2.10. The van der Waals surface area contributed by atoms with E-state index in [2.05, 4.69) is 20.6 Å². The number of hydrogen-bond acceptors (Lipinski definition) is 5. The number of fused-ring (bicyclic) bond motifs is 1. The Morgan fingerprint density at radius 3 is 2.33 bits per heavy atom. The predicted octanol–water partition coefficient (Wildman–Crippen LogP) is 5.03. The van der Waals surface area contributed by atoms with E-state index in [1.807, 2.05) is 66.9 Å². The molecule has 1 aliphatic rings. The van der Waals surface area contributed by atoms with Crippen molar-refractivity contribution in [3.05, 3.63) is 90.4 Å². The van der Waals surface area contributed by atoms with E-state index in [0.29, 0.717) is 28.5 Å². The first-order valence-electron chi connectivity index (χ1n) is 10.4. The van der Waals surface area contributed by atoms with Gasteiger partial charge in [-0.3, -0.25) is 4.79 Å². The molecule has 0 atom stereocenters. The number of anilines is 2. The van der Waals surface area contributed by atoms with Crippen LogP contribution in [-0.2, 0) is 4.79 Å². The van der Waals surface area contributed by atoms with E-state index in [1.54, 1.807) is 26.6 Å². The Bertz CT molecular complexity index is 1330. The van der Waals surface area contributed by atoms with Gasteiger partial charge in [0.05, 0.1) is 43.2 Å². The maximum Gasteiger partial charge on any atom is 0.258 e. The number of imidazole rings is 1. The SMILES string of the molecule is COc1cc2c(cc1OC)/C(=C(/Nc1ccc(-c3c[nH]cn3)cc1)c1ccccc1)C(=O)N2. The molecular weight excluding hydrogens is 416 g/mol. The van der Waals surface area contributed by atoms with Crippen molar-refractivity contribution in [2.45, 2.75) is 0 Å². The zero-order valence-corrected chi connectivity index (χ0v) is 18.2. The Kier molecular flexibility index (Phi) is 5.28. The van der Waals surface area contributed by atoms with Gasteiger partial charge in [-0.15, -0.1) is 0 Å². The van der Waals surface area contributed by atoms with E-state index in [4.69, 9.17) is 9.47 Å². The third-order valence-corrected chi connectivity index (χ3v) is 5.53. The number of carbonyl (C=O) groups excluding carboxylic acids is 1. The third kappa shape index (κ3) is 3.80. The minimum Gasteiger partial charge on any atom is -0.493 e. The molecule has 5 rings (SSSR count). The third-order valence-electron chi connectivity index (χ3n) is 5.53. The van der Waals surface area contributed by atoms with Crippen LogP contribution in [0.4, 0.5) is 11.4 Å². The number of methoxy groups -OCH3 is 2. The monoisotopic (exact) mass is 438 g/mol. The highest BCUT2D eigenvalue weighted by Gasteiger charge is 2.30. The number of H-pyrrole nitrogens is 1. The van der Waals surface area contributed by atoms with Crippen molar-refractivity contribution in [3.8, 4) is 22.8 Å². The molecule has 3 aromatic carbocycles. The number of ether oxygens (including phenoxy) is 2. The average molecular weight is 438 g/mol. The summed E-state index contributed by atoms with van der Waals surface area (Å²) in [5.41, 5.74) is 6.27. The predicted molar refractivity (Wildman–Crippen MR) is 129 cm³/mol. The van der Waals surface area contributed by atoms with Crippen LogP contribution >= 0.6 is 0 Å². The first-order chi connectivity index (χ1) is 16.2. The number of amides is 1. The number of rotatable bonds is 6. The molecule has 0 saturated carbocycles. The molecule has 3 N–H and O–H groups in total. The number of aromatic nitrogens is 2. The second-order valence-corrected chi connectivity index (χ2v) is 7.48. The van der Waals surface area contributed by atoms with Gasteiger partial charge in [0.1, 0.15) is 0 Å². The average Bonchev–Trinajstić information content (AvgIpc) is 3.50.